The summed E-state index contributed by atoms with van der Waals surface area (Å²) >= 11 is 0. The molecule has 0 bridgehead atoms. The lowest BCUT2D eigenvalue weighted by Gasteiger charge is -2.21. The molecule has 11 heteroatoms. The van der Waals surface area contributed by atoms with Crippen LogP contribution >= 0.6 is 0 Å². The van der Waals surface area contributed by atoms with Crippen molar-refractivity contribution in [1.82, 2.24) is 10.2 Å². The highest BCUT2D eigenvalue weighted by atomic mass is 32.2. The van der Waals surface area contributed by atoms with Gasteiger partial charge >= 0.3 is 0 Å². The highest BCUT2D eigenvalue weighted by molar-refractivity contribution is 7.93. The first kappa shape index (κ1) is 31.3. The Hall–Kier alpha value is -5.13. The van der Waals surface area contributed by atoms with E-state index in [-0.39, 0.29) is 13.4 Å². The zero-order chi connectivity index (χ0) is 31.6. The molecule has 2 amide bonds. The van der Waals surface area contributed by atoms with Crippen LogP contribution in [-0.2, 0) is 32.7 Å². The number of ether oxygens (including phenoxy) is 3. The second kappa shape index (κ2) is 14.6. The van der Waals surface area contributed by atoms with E-state index in [1.54, 1.807) is 60.7 Å². The van der Waals surface area contributed by atoms with Gasteiger partial charge in [0.05, 0.1) is 12.0 Å². The molecule has 1 atom stereocenters. The first-order valence-electron chi connectivity index (χ1n) is 14.3. The van der Waals surface area contributed by atoms with Crippen molar-refractivity contribution >= 4 is 27.9 Å². The van der Waals surface area contributed by atoms with Crippen LogP contribution in [0.25, 0.3) is 6.08 Å². The normalized spacial score (nSPS) is 12.9. The zero-order valence-corrected chi connectivity index (χ0v) is 25.3. The van der Waals surface area contributed by atoms with Crippen LogP contribution in [0, 0.1) is 0 Å². The van der Waals surface area contributed by atoms with Gasteiger partial charge in [-0.1, -0.05) is 80.1 Å². The highest BCUT2D eigenvalue weighted by Crippen LogP contribution is 2.36. The smallest absolute Gasteiger partial charge is 0.279 e. The van der Waals surface area contributed by atoms with Gasteiger partial charge in [-0.05, 0) is 59.5 Å². The third-order valence-electron chi connectivity index (χ3n) is 6.75. The number of carbonyl (C=O) groups excluding carboxylic acids is 2. The monoisotopic (exact) mass is 628 g/mol. The van der Waals surface area contributed by atoms with Crippen LogP contribution in [0.1, 0.15) is 52.1 Å². The molecule has 4 aromatic rings. The molecule has 0 radical (unpaired) electrons. The van der Waals surface area contributed by atoms with Crippen molar-refractivity contribution in [3.63, 3.8) is 0 Å². The first-order valence-corrected chi connectivity index (χ1v) is 15.8. The van der Waals surface area contributed by atoms with Gasteiger partial charge in [0, 0.05) is 11.1 Å². The van der Waals surface area contributed by atoms with Gasteiger partial charge in [-0.2, -0.15) is 0 Å². The molecule has 2 N–H and O–H groups in total. The van der Waals surface area contributed by atoms with Crippen LogP contribution in [-0.4, -0.2) is 27.0 Å². The molecule has 0 spiro atoms. The minimum atomic E-state index is -4.19. The molecule has 0 saturated carbocycles. The molecule has 1 aliphatic heterocycles. The van der Waals surface area contributed by atoms with Crippen molar-refractivity contribution in [1.29, 1.82) is 0 Å². The van der Waals surface area contributed by atoms with Gasteiger partial charge in [0.15, 0.2) is 11.5 Å². The molecule has 1 heterocycles. The Morgan fingerprint density at radius 1 is 0.911 bits per heavy atom. The standard InChI is InChI=1S/C34H32N2O8S/c1-2-9-26-20-28(33(37)35-43-22-25-12-7-4-8-13-25)15-16-29(26)44-32(27-14-17-30-31(21-27)42-23-41-30)34(38)36-45(39,40)19-18-24-10-5-3-6-11-24/h3-8,10-21,32H,2,9,22-23H2,1H3,(H,35,37)(H,36,38)/b19-18+. The lowest BCUT2D eigenvalue weighted by Crippen LogP contribution is -2.36. The maximum atomic E-state index is 13.6. The number of carbonyl (C=O) groups is 2. The van der Waals surface area contributed by atoms with Crippen molar-refractivity contribution in [2.75, 3.05) is 6.79 Å². The van der Waals surface area contributed by atoms with Crippen LogP contribution in [0.2, 0.25) is 0 Å². The van der Waals surface area contributed by atoms with E-state index in [2.05, 4.69) is 10.2 Å². The summed E-state index contributed by atoms with van der Waals surface area (Å²) in [7, 11) is -4.19. The average Bonchev–Trinajstić information content (AvgIpc) is 3.52. The molecule has 10 nitrogen and oxygen atoms in total. The van der Waals surface area contributed by atoms with Gasteiger partial charge < -0.3 is 14.2 Å². The number of hydrogen-bond acceptors (Lipinski definition) is 8. The van der Waals surface area contributed by atoms with E-state index in [0.717, 1.165) is 11.0 Å². The molecule has 0 aromatic heterocycles. The van der Waals surface area contributed by atoms with Crippen LogP contribution in [0.3, 0.4) is 0 Å². The third-order valence-corrected chi connectivity index (χ3v) is 7.73. The summed E-state index contributed by atoms with van der Waals surface area (Å²) < 4.78 is 45.0. The van der Waals surface area contributed by atoms with Crippen molar-refractivity contribution < 1.29 is 37.1 Å². The fourth-order valence-electron chi connectivity index (χ4n) is 4.55. The number of amides is 2. The maximum absolute atomic E-state index is 13.6. The van der Waals surface area contributed by atoms with Crippen molar-refractivity contribution in [2.45, 2.75) is 32.5 Å². The molecule has 0 fully saturated rings. The van der Waals surface area contributed by atoms with Crippen molar-refractivity contribution in [3.05, 3.63) is 130 Å². The minimum absolute atomic E-state index is 0.0222. The number of hydroxylamine groups is 1. The number of rotatable bonds is 13. The van der Waals surface area contributed by atoms with Gasteiger partial charge in [-0.3, -0.25) is 14.4 Å². The average molecular weight is 629 g/mol. The largest absolute Gasteiger partial charge is 0.475 e. The fraction of sp³-hybridized carbons (Fsp3) is 0.176. The van der Waals surface area contributed by atoms with Crippen molar-refractivity contribution in [3.8, 4) is 17.2 Å². The third kappa shape index (κ3) is 8.49. The molecule has 1 aliphatic rings. The summed E-state index contributed by atoms with van der Waals surface area (Å²) in [6, 6.07) is 27.8. The zero-order valence-electron chi connectivity index (χ0n) is 24.5. The van der Waals surface area contributed by atoms with E-state index < -0.39 is 27.9 Å². The van der Waals surface area contributed by atoms with Gasteiger partial charge in [-0.15, -0.1) is 0 Å². The van der Waals surface area contributed by atoms with Gasteiger partial charge in [0.25, 0.3) is 21.8 Å². The van der Waals surface area contributed by atoms with Crippen molar-refractivity contribution in [2.24, 2.45) is 0 Å². The topological polar surface area (TPSA) is 129 Å². The van der Waals surface area contributed by atoms with Crippen LogP contribution < -0.4 is 24.4 Å². The second-order valence-corrected chi connectivity index (χ2v) is 11.7. The Balaban J connectivity index is 1.37. The fourth-order valence-corrected chi connectivity index (χ4v) is 5.35. The van der Waals surface area contributed by atoms with Gasteiger partial charge in [-0.25, -0.2) is 18.6 Å². The number of fused-ring (bicyclic) bond motifs is 1. The molecule has 232 valence electrons. The Morgan fingerprint density at radius 3 is 2.40 bits per heavy atom. The first-order chi connectivity index (χ1) is 21.8. The van der Waals surface area contributed by atoms with E-state index in [1.807, 2.05) is 43.3 Å². The van der Waals surface area contributed by atoms with E-state index in [1.165, 1.54) is 6.08 Å². The van der Waals surface area contributed by atoms with Crippen LogP contribution in [0.4, 0.5) is 0 Å². The predicted molar refractivity (Wildman–Crippen MR) is 168 cm³/mol. The molecule has 4 aromatic carbocycles. The lowest BCUT2D eigenvalue weighted by atomic mass is 10.0. The molecule has 1 unspecified atom stereocenters. The minimum Gasteiger partial charge on any atom is -0.475 e. The maximum Gasteiger partial charge on any atom is 0.279 e. The number of benzene rings is 4. The van der Waals surface area contributed by atoms with E-state index in [0.29, 0.717) is 52.3 Å². The Labute approximate surface area is 261 Å². The predicted octanol–water partition coefficient (Wildman–Crippen LogP) is 5.47. The number of hydrogen-bond donors (Lipinski definition) is 2. The summed E-state index contributed by atoms with van der Waals surface area (Å²) in [6.45, 7) is 2.19. The second-order valence-electron chi connectivity index (χ2n) is 10.1. The lowest BCUT2D eigenvalue weighted by molar-refractivity contribution is -0.126. The molecule has 45 heavy (non-hydrogen) atoms. The molecule has 0 aliphatic carbocycles. The highest BCUT2D eigenvalue weighted by Gasteiger charge is 2.29. The van der Waals surface area contributed by atoms with Gasteiger partial charge in [0.1, 0.15) is 5.75 Å². The van der Waals surface area contributed by atoms with E-state index >= 15 is 0 Å². The summed E-state index contributed by atoms with van der Waals surface area (Å²) in [5.74, 6) is -0.153. The summed E-state index contributed by atoms with van der Waals surface area (Å²) in [5.41, 5.74) is 5.33. The van der Waals surface area contributed by atoms with Crippen LogP contribution in [0.5, 0.6) is 17.2 Å². The molecular weight excluding hydrogens is 596 g/mol. The molecule has 0 saturated heterocycles. The van der Waals surface area contributed by atoms with E-state index in [4.69, 9.17) is 19.0 Å². The Morgan fingerprint density at radius 2 is 1.64 bits per heavy atom. The Kier molecular flexibility index (Phi) is 10.1. The SMILES string of the molecule is CCCc1cc(C(=O)NOCc2ccccc2)ccc1OC(C(=O)NS(=O)(=O)/C=C/c1ccccc1)c1ccc2c(c1)OCO2. The molecular formula is C34H32N2O8S. The van der Waals surface area contributed by atoms with E-state index in [9.17, 15) is 18.0 Å². The summed E-state index contributed by atoms with van der Waals surface area (Å²) in [4.78, 5) is 31.8. The molecule has 5 rings (SSSR count). The number of nitrogens with one attached hydrogen (secondary N) is 2. The Bertz CT molecular complexity index is 1780. The quantitative estimate of drug-likeness (QED) is 0.187. The van der Waals surface area contributed by atoms with Gasteiger partial charge in [0.2, 0.25) is 12.9 Å². The number of sulfonamides is 1. The number of aryl methyl sites for hydroxylation is 1. The van der Waals surface area contributed by atoms with Crippen LogP contribution in [0.15, 0.2) is 102 Å². The summed E-state index contributed by atoms with van der Waals surface area (Å²) in [6.07, 6.45) is 1.24. The summed E-state index contributed by atoms with van der Waals surface area (Å²) in [5, 5.41) is 0.923.